The van der Waals surface area contributed by atoms with Crippen molar-refractivity contribution in [2.45, 2.75) is 130 Å². The fraction of sp³-hybridized carbons (Fsp3) is 0.360. The number of carbonyl (C=O) groups is 4. The molecule has 0 aliphatic heterocycles. The molecule has 632 valence electrons. The smallest absolute Gasteiger partial charge is 0.208 e. The maximum absolute atomic E-state index is 12.3. The first-order valence-corrected chi connectivity index (χ1v) is 41.7. The summed E-state index contributed by atoms with van der Waals surface area (Å²) in [5.41, 5.74) is 16.6. The molecule has 0 bridgehead atoms. The van der Waals surface area contributed by atoms with Gasteiger partial charge in [-0.1, -0.05) is 52.0 Å². The van der Waals surface area contributed by atoms with E-state index in [2.05, 4.69) is 104 Å². The molecule has 4 aliphatic rings. The Morgan fingerprint density at radius 3 is 1.02 bits per heavy atom. The van der Waals surface area contributed by atoms with Gasteiger partial charge in [-0.3, -0.25) is 48.2 Å². The first kappa shape index (κ1) is 81.9. The van der Waals surface area contributed by atoms with Crippen LogP contribution in [0.3, 0.4) is 0 Å². The molecule has 20 rings (SSSR count). The van der Waals surface area contributed by atoms with Crippen molar-refractivity contribution in [1.29, 1.82) is 0 Å². The highest BCUT2D eigenvalue weighted by molar-refractivity contribution is 5.92. The van der Waals surface area contributed by atoms with Gasteiger partial charge in [-0.15, -0.1) is 30.6 Å². The molecule has 0 atom stereocenters. The Bertz CT molecular complexity index is 5940. The number of methoxy groups -OCH3 is 4. The van der Waals surface area contributed by atoms with Crippen molar-refractivity contribution in [3.63, 3.8) is 0 Å². The summed E-state index contributed by atoms with van der Waals surface area (Å²) in [5.74, 6) is 7.16. The molecule has 35 heteroatoms. The lowest BCUT2D eigenvalue weighted by Gasteiger charge is -2.13. The minimum Gasteiger partial charge on any atom is -0.495 e. The van der Waals surface area contributed by atoms with E-state index in [0.29, 0.717) is 72.0 Å². The van der Waals surface area contributed by atoms with E-state index in [4.69, 9.17) is 39.2 Å². The van der Waals surface area contributed by atoms with Gasteiger partial charge >= 0.3 is 0 Å². The van der Waals surface area contributed by atoms with Crippen molar-refractivity contribution in [3.05, 3.63) is 174 Å². The number of nitrogens with zero attached hydrogens (tertiary/aromatic N) is 27. The Morgan fingerprint density at radius 1 is 0.363 bits per heavy atom. The summed E-state index contributed by atoms with van der Waals surface area (Å²) < 4.78 is 32.4. The predicted molar refractivity (Wildman–Crippen MR) is 458 cm³/mol. The van der Waals surface area contributed by atoms with Crippen molar-refractivity contribution in [1.82, 2.24) is 134 Å². The van der Waals surface area contributed by atoms with Crippen LogP contribution in [0, 0.1) is 23.7 Å². The average molecular weight is 1670 g/mol. The van der Waals surface area contributed by atoms with Crippen LogP contribution in [-0.4, -0.2) is 186 Å². The third kappa shape index (κ3) is 16.8. The topological polar surface area (TPSA) is 389 Å². The van der Waals surface area contributed by atoms with Gasteiger partial charge in [-0.2, -0.15) is 34.8 Å². The Kier molecular flexibility index (Phi) is 23.1. The fourth-order valence-electron chi connectivity index (χ4n) is 15.5. The quantitative estimate of drug-likeness (QED) is 0.0439. The molecule has 124 heavy (non-hydrogen) atoms. The molecule has 0 amide bonds. The van der Waals surface area contributed by atoms with E-state index in [0.717, 1.165) is 212 Å². The van der Waals surface area contributed by atoms with Crippen LogP contribution in [0.15, 0.2) is 128 Å². The monoisotopic (exact) mass is 1670 g/mol. The number of rotatable bonds is 28. The molecule has 12 aromatic heterocycles. The van der Waals surface area contributed by atoms with Crippen molar-refractivity contribution in [2.75, 3.05) is 28.4 Å². The number of ketones is 4. The first-order chi connectivity index (χ1) is 60.3. The van der Waals surface area contributed by atoms with Gasteiger partial charge in [0, 0.05) is 108 Å². The van der Waals surface area contributed by atoms with Crippen LogP contribution >= 0.6 is 0 Å². The van der Waals surface area contributed by atoms with Crippen LogP contribution in [-0.2, 0) is 98.7 Å². The third-order valence-electron chi connectivity index (χ3n) is 22.5. The van der Waals surface area contributed by atoms with Gasteiger partial charge in [0.15, 0.2) is 23.1 Å². The van der Waals surface area contributed by atoms with Crippen LogP contribution in [0.4, 0.5) is 0 Å². The second-order valence-corrected chi connectivity index (χ2v) is 31.3. The molecule has 0 unspecified atom stereocenters. The Morgan fingerprint density at radius 2 is 0.694 bits per heavy atom. The normalized spacial score (nSPS) is 13.6. The Labute approximate surface area is 711 Å². The number of hydrogen-bond acceptors (Lipinski definition) is 27. The number of fused-ring (bicyclic) bond motifs is 4. The van der Waals surface area contributed by atoms with Gasteiger partial charge in [0.1, 0.15) is 58.1 Å². The number of carbonyl (C=O) groups excluding carboxylic acids is 4. The highest BCUT2D eigenvalue weighted by Crippen LogP contribution is 2.43. The Hall–Kier alpha value is -14.4. The van der Waals surface area contributed by atoms with Gasteiger partial charge in [0.2, 0.25) is 17.5 Å². The number of pyridine rings is 3. The number of imidazole rings is 1. The fourth-order valence-corrected chi connectivity index (χ4v) is 15.5. The van der Waals surface area contributed by atoms with Gasteiger partial charge in [-0.05, 0) is 159 Å². The molecule has 35 nitrogen and oxygen atoms in total. The SMILES string of the molecule is CCc1nc(-c2cccc(-c3nnn(C)n3)c2OC)n2cc(CC(=O)C3CC3)ncc12.CCc1nn(-c2cccc(-c3ncn(C)n3)c2OC)c2cc(CC(=O)C3CC3)ncc12.CCc1nn(-c2cccc(-c3nnn(C)n3)c2OC)c2cc(CC(=O)C3CC3)ncc12.CCc1nn(-c2cccc(-c3nnn(C)n3)c2OC)c2cc(CC(=O)C3CC3)ncc12. The van der Waals surface area contributed by atoms with E-state index in [1.807, 2.05) is 147 Å². The summed E-state index contributed by atoms with van der Waals surface area (Å²) in [6.45, 7) is 8.26. The van der Waals surface area contributed by atoms with Gasteiger partial charge < -0.3 is 18.9 Å². The molecule has 4 fully saturated rings. The zero-order chi connectivity index (χ0) is 86.1. The molecular formula is C89H93N27O8. The molecule has 0 radical (unpaired) electrons. The number of ether oxygens (including phenoxy) is 4. The van der Waals surface area contributed by atoms with Crippen molar-refractivity contribution < 1.29 is 38.1 Å². The van der Waals surface area contributed by atoms with Crippen LogP contribution in [0.2, 0.25) is 0 Å². The highest BCUT2D eigenvalue weighted by atomic mass is 16.5. The average Bonchev–Trinajstić information content (AvgIpc) is 1.61. The maximum atomic E-state index is 12.3. The van der Waals surface area contributed by atoms with Crippen molar-refractivity contribution >= 4 is 61.4 Å². The predicted octanol–water partition coefficient (Wildman–Crippen LogP) is 11.4. The Balaban J connectivity index is 0.000000117. The van der Waals surface area contributed by atoms with E-state index >= 15 is 0 Å². The second-order valence-electron chi connectivity index (χ2n) is 31.3. The minimum atomic E-state index is 0.210. The molecule has 0 N–H and O–H groups in total. The first-order valence-electron chi connectivity index (χ1n) is 41.7. The summed E-state index contributed by atoms with van der Waals surface area (Å²) in [7, 11) is 13.5. The molecule has 12 heterocycles. The summed E-state index contributed by atoms with van der Waals surface area (Å²) in [5, 5.41) is 59.0. The van der Waals surface area contributed by atoms with E-state index < -0.39 is 0 Å². The third-order valence-corrected chi connectivity index (χ3v) is 22.5. The maximum Gasteiger partial charge on any atom is 0.208 e. The van der Waals surface area contributed by atoms with E-state index in [9.17, 15) is 19.2 Å². The zero-order valence-corrected chi connectivity index (χ0v) is 71.1. The number of para-hydroxylation sites is 4. The van der Waals surface area contributed by atoms with Crippen LogP contribution < -0.4 is 18.9 Å². The van der Waals surface area contributed by atoms with Crippen LogP contribution in [0.5, 0.6) is 23.0 Å². The number of aryl methyl sites for hydroxylation is 8. The molecule has 4 saturated carbocycles. The summed E-state index contributed by atoms with van der Waals surface area (Å²) in [4.78, 5) is 81.0. The van der Waals surface area contributed by atoms with Gasteiger partial charge in [0.05, 0.1) is 141 Å². The molecular weight excluding hydrogens is 1580 g/mol. The highest BCUT2D eigenvalue weighted by Gasteiger charge is 2.35. The second kappa shape index (κ2) is 35.0. The number of tetrazole rings is 3. The van der Waals surface area contributed by atoms with Gasteiger partial charge in [-0.25, -0.2) is 24.0 Å². The molecule has 4 aromatic carbocycles. The number of Topliss-reactive ketones (excluding diaryl/α,β-unsaturated/α-hetero) is 4. The summed E-state index contributed by atoms with van der Waals surface area (Å²) in [6, 6.07) is 29.1. The molecule has 0 spiro atoms. The summed E-state index contributed by atoms with van der Waals surface area (Å²) >= 11 is 0. The van der Waals surface area contributed by atoms with E-state index in [1.165, 1.54) is 14.4 Å². The molecule has 4 aliphatic carbocycles. The molecule has 16 aromatic rings. The van der Waals surface area contributed by atoms with Crippen molar-refractivity contribution in [2.24, 2.45) is 51.9 Å². The lowest BCUT2D eigenvalue weighted by atomic mass is 10.1. The van der Waals surface area contributed by atoms with Crippen LogP contribution in [0.25, 0.3) is 112 Å². The summed E-state index contributed by atoms with van der Waals surface area (Å²) in [6.07, 6.45) is 23.4. The van der Waals surface area contributed by atoms with Gasteiger partial charge in [0.25, 0.3) is 0 Å². The zero-order valence-electron chi connectivity index (χ0n) is 71.1. The lowest BCUT2D eigenvalue weighted by molar-refractivity contribution is -0.120. The standard InChI is InChI=1S/C23H24N6O2.3C22H23N7O2/c1-4-18-17-12-24-15(11-21(30)14-8-9-14)10-20(17)29(26-18)19-7-5-6-16(22(19)31-3)23-25-13-28(2)27-23;1-4-17-18-11-23-14(10-19(30)13-8-9-13)12-29(18)22(24-17)16-7-5-6-15(20(16)31-3)21-25-27-28(2)26-21;2*1-4-17-16-12-23-14(11-20(30)13-8-9-13)10-19(16)29(25-17)18-7-5-6-15(21(18)31-3)22-24-27-28(2)26-22/h5-7,10,12-14H,4,8-9,11H2,1-3H3;5-7,11-13H,4,8-10H2,1-3H3;2*5-7,10,12-13H,4,8-9,11H2,1-3H3. The number of hydrogen-bond donors (Lipinski definition) is 0. The molecule has 0 saturated heterocycles. The van der Waals surface area contributed by atoms with E-state index in [1.54, 1.807) is 60.6 Å². The largest absolute Gasteiger partial charge is 0.495 e. The van der Waals surface area contributed by atoms with Crippen molar-refractivity contribution in [3.8, 4) is 97.0 Å². The number of aromatic nitrogens is 27. The number of benzene rings is 4. The minimum absolute atomic E-state index is 0.210. The van der Waals surface area contributed by atoms with E-state index in [-0.39, 0.29) is 46.8 Å². The van der Waals surface area contributed by atoms with Crippen LogP contribution in [0.1, 0.15) is 125 Å². The lowest BCUT2D eigenvalue weighted by Crippen LogP contribution is -2.07.